The van der Waals surface area contributed by atoms with Crippen molar-refractivity contribution in [3.05, 3.63) is 35.6 Å². The number of fused-ring (bicyclic) bond motifs is 1. The molecule has 14 heavy (non-hydrogen) atoms. The molecule has 0 fully saturated rings. The van der Waals surface area contributed by atoms with Gasteiger partial charge in [-0.15, -0.1) is 12.4 Å². The average Bonchev–Trinajstić information content (AvgIpc) is 2.17. The Balaban J connectivity index is 0.000000980. The Morgan fingerprint density at radius 3 is 3.00 bits per heavy atom. The zero-order valence-electron chi connectivity index (χ0n) is 8.44. The van der Waals surface area contributed by atoms with E-state index in [1.54, 1.807) is 5.01 Å². The summed E-state index contributed by atoms with van der Waals surface area (Å²) in [5, 5.41) is 1.72. The van der Waals surface area contributed by atoms with Gasteiger partial charge in [0.15, 0.2) is 0 Å². The fraction of sp³-hybridized carbons (Fsp3) is 0.455. The number of likely N-dealkylation sites (N-methyl/N-ethyl adjacent to an activating group) is 1. The van der Waals surface area contributed by atoms with Crippen molar-refractivity contribution in [2.75, 3.05) is 7.05 Å². The molecule has 2 N–H and O–H groups in total. The first kappa shape index (κ1) is 11.3. The number of hydrogen-bond donors (Lipinski definition) is 1. The highest BCUT2D eigenvalue weighted by molar-refractivity contribution is 5.85. The van der Waals surface area contributed by atoms with E-state index in [1.807, 2.05) is 7.05 Å². The molecular formula is C11H17ClN2. The molecule has 0 radical (unpaired) electrons. The number of halogens is 1. The van der Waals surface area contributed by atoms with Crippen LogP contribution in [0.4, 0.5) is 0 Å². The smallest absolute Gasteiger partial charge is 0.0548 e. The van der Waals surface area contributed by atoms with Gasteiger partial charge in [-0.3, -0.25) is 0 Å². The third-order valence-corrected chi connectivity index (χ3v) is 2.76. The topological polar surface area (TPSA) is 29.3 Å². The van der Waals surface area contributed by atoms with Crippen molar-refractivity contribution in [3.63, 3.8) is 0 Å². The minimum Gasteiger partial charge on any atom is -0.314 e. The van der Waals surface area contributed by atoms with Crippen LogP contribution in [-0.4, -0.2) is 12.1 Å². The van der Waals surface area contributed by atoms with E-state index in [0.29, 0.717) is 5.92 Å². The Kier molecular flexibility index (Phi) is 3.78. The Morgan fingerprint density at radius 1 is 1.50 bits per heavy atom. The van der Waals surface area contributed by atoms with E-state index >= 15 is 0 Å². The van der Waals surface area contributed by atoms with E-state index < -0.39 is 0 Å². The van der Waals surface area contributed by atoms with Crippen molar-refractivity contribution >= 4 is 12.4 Å². The number of rotatable bonds is 1. The third kappa shape index (κ3) is 2.02. The lowest BCUT2D eigenvalue weighted by atomic mass is 9.83. The van der Waals surface area contributed by atoms with Gasteiger partial charge in [0.05, 0.1) is 5.70 Å². The molecule has 2 rings (SSSR count). The van der Waals surface area contributed by atoms with Crippen LogP contribution in [0.5, 0.6) is 0 Å². The molecule has 0 amide bonds. The maximum Gasteiger partial charge on any atom is 0.0548 e. The summed E-state index contributed by atoms with van der Waals surface area (Å²) in [4.78, 5) is 0. The number of hydrazine groups is 1. The lowest BCUT2D eigenvalue weighted by molar-refractivity contribution is 0.428. The summed E-state index contributed by atoms with van der Waals surface area (Å²) in [5.41, 5.74) is 2.59. The molecule has 0 saturated carbocycles. The molecule has 1 atom stereocenters. The van der Waals surface area contributed by atoms with Crippen LogP contribution in [0.3, 0.4) is 0 Å². The summed E-state index contributed by atoms with van der Waals surface area (Å²) in [6, 6.07) is 0. The molecule has 0 bridgehead atoms. The monoisotopic (exact) mass is 212 g/mol. The van der Waals surface area contributed by atoms with Gasteiger partial charge in [0.25, 0.3) is 0 Å². The van der Waals surface area contributed by atoms with E-state index in [0.717, 1.165) is 0 Å². The molecule has 0 spiro atoms. The first-order valence-corrected chi connectivity index (χ1v) is 4.86. The van der Waals surface area contributed by atoms with E-state index in [9.17, 15) is 0 Å². The van der Waals surface area contributed by atoms with Crippen molar-refractivity contribution < 1.29 is 0 Å². The third-order valence-electron chi connectivity index (χ3n) is 2.76. The second kappa shape index (κ2) is 4.67. The quantitative estimate of drug-likeness (QED) is 0.534. The summed E-state index contributed by atoms with van der Waals surface area (Å²) in [6.07, 6.45) is 12.6. The highest BCUT2D eigenvalue weighted by atomic mass is 35.5. The Bertz CT molecular complexity index is 290. The molecule has 0 saturated heterocycles. The average molecular weight is 213 g/mol. The molecule has 3 heteroatoms. The van der Waals surface area contributed by atoms with Crippen LogP contribution in [0.25, 0.3) is 0 Å². The van der Waals surface area contributed by atoms with Crippen LogP contribution in [0.15, 0.2) is 35.6 Å². The van der Waals surface area contributed by atoms with Gasteiger partial charge in [-0.05, 0) is 30.9 Å². The van der Waals surface area contributed by atoms with E-state index in [-0.39, 0.29) is 12.4 Å². The highest BCUT2D eigenvalue weighted by Gasteiger charge is 2.21. The molecular weight excluding hydrogens is 196 g/mol. The van der Waals surface area contributed by atoms with Gasteiger partial charge in [0, 0.05) is 13.0 Å². The molecule has 0 aromatic rings. The van der Waals surface area contributed by atoms with Gasteiger partial charge in [-0.25, -0.2) is 5.84 Å². The van der Waals surface area contributed by atoms with Gasteiger partial charge in [-0.2, -0.15) is 0 Å². The molecule has 1 unspecified atom stereocenters. The maximum atomic E-state index is 5.76. The van der Waals surface area contributed by atoms with Crippen molar-refractivity contribution in [2.45, 2.75) is 19.3 Å². The first-order chi connectivity index (χ1) is 6.29. The van der Waals surface area contributed by atoms with Crippen LogP contribution in [0.1, 0.15) is 19.3 Å². The van der Waals surface area contributed by atoms with Crippen molar-refractivity contribution in [1.29, 1.82) is 0 Å². The van der Waals surface area contributed by atoms with Crippen molar-refractivity contribution in [2.24, 2.45) is 11.8 Å². The normalized spacial score (nSPS) is 24.3. The number of nitrogens with zero attached hydrogens (tertiary/aromatic N) is 1. The molecule has 2 aliphatic carbocycles. The van der Waals surface area contributed by atoms with E-state index in [4.69, 9.17) is 5.84 Å². The molecule has 2 nitrogen and oxygen atoms in total. The maximum absolute atomic E-state index is 5.76. The van der Waals surface area contributed by atoms with E-state index in [1.165, 1.54) is 30.5 Å². The van der Waals surface area contributed by atoms with Crippen LogP contribution in [-0.2, 0) is 0 Å². The van der Waals surface area contributed by atoms with Gasteiger partial charge < -0.3 is 5.01 Å². The van der Waals surface area contributed by atoms with Gasteiger partial charge in [0.2, 0.25) is 0 Å². The minimum atomic E-state index is 0. The predicted molar refractivity (Wildman–Crippen MR) is 61.8 cm³/mol. The van der Waals surface area contributed by atoms with Gasteiger partial charge >= 0.3 is 0 Å². The fourth-order valence-electron chi connectivity index (χ4n) is 2.09. The number of allylic oxidation sites excluding steroid dienone is 5. The second-order valence-electron chi connectivity index (χ2n) is 3.74. The molecule has 0 heterocycles. The minimum absolute atomic E-state index is 0. The largest absolute Gasteiger partial charge is 0.314 e. The van der Waals surface area contributed by atoms with E-state index in [2.05, 4.69) is 24.3 Å². The summed E-state index contributed by atoms with van der Waals surface area (Å²) < 4.78 is 0. The van der Waals surface area contributed by atoms with Crippen LogP contribution in [0, 0.1) is 5.92 Å². The lowest BCUT2D eigenvalue weighted by Gasteiger charge is -2.29. The zero-order valence-corrected chi connectivity index (χ0v) is 9.26. The van der Waals surface area contributed by atoms with Crippen LogP contribution >= 0.6 is 12.4 Å². The Labute approximate surface area is 91.5 Å². The SMILES string of the molecule is CN(N)C1=CC=CC2CCCC=C12.Cl. The standard InChI is InChI=1S/C11H16N2.ClH/c1-13(12)11-8-4-6-9-5-2-3-7-10(9)11;/h4,6-9H,2-3,5,12H2,1H3;1H. The number of hydrogen-bond acceptors (Lipinski definition) is 2. The number of nitrogens with two attached hydrogens (primary N) is 1. The molecule has 78 valence electrons. The van der Waals surface area contributed by atoms with Crippen LogP contribution < -0.4 is 5.84 Å². The fourth-order valence-corrected chi connectivity index (χ4v) is 2.09. The highest BCUT2D eigenvalue weighted by Crippen LogP contribution is 2.33. The summed E-state index contributed by atoms with van der Waals surface area (Å²) in [6.45, 7) is 0. The molecule has 0 aromatic carbocycles. The first-order valence-electron chi connectivity index (χ1n) is 4.86. The molecule has 0 aliphatic heterocycles. The summed E-state index contributed by atoms with van der Waals surface area (Å²) in [7, 11) is 1.90. The zero-order chi connectivity index (χ0) is 9.26. The Hall–Kier alpha value is -0.730. The summed E-state index contributed by atoms with van der Waals surface area (Å²) in [5.74, 6) is 6.38. The summed E-state index contributed by atoms with van der Waals surface area (Å²) >= 11 is 0. The van der Waals surface area contributed by atoms with Crippen LogP contribution in [0.2, 0.25) is 0 Å². The molecule has 2 aliphatic rings. The second-order valence-corrected chi connectivity index (χ2v) is 3.74. The molecule has 0 aromatic heterocycles. The lowest BCUT2D eigenvalue weighted by Crippen LogP contribution is -2.29. The van der Waals surface area contributed by atoms with Crippen molar-refractivity contribution in [3.8, 4) is 0 Å². The predicted octanol–water partition coefficient (Wildman–Crippen LogP) is 2.39. The van der Waals surface area contributed by atoms with Crippen molar-refractivity contribution in [1.82, 2.24) is 5.01 Å². The van der Waals surface area contributed by atoms with Gasteiger partial charge in [0.1, 0.15) is 0 Å². The van der Waals surface area contributed by atoms with Gasteiger partial charge in [-0.1, -0.05) is 18.2 Å². The Morgan fingerprint density at radius 2 is 2.29 bits per heavy atom.